The minimum atomic E-state index is -0.103. The van der Waals surface area contributed by atoms with Gasteiger partial charge in [-0.25, -0.2) is 0 Å². The van der Waals surface area contributed by atoms with E-state index in [1.165, 1.54) is 22.4 Å². The first-order valence-corrected chi connectivity index (χ1v) is 8.57. The topological polar surface area (TPSA) is 42.0 Å². The SMILES string of the molecule is CC.CNC(=O)/C=C/c1ccc(Cc2nccc3ccccc23)cc1. The van der Waals surface area contributed by atoms with Crippen LogP contribution in [0.25, 0.3) is 16.8 Å². The van der Waals surface area contributed by atoms with Crippen LogP contribution in [0.3, 0.4) is 0 Å². The summed E-state index contributed by atoms with van der Waals surface area (Å²) in [6, 6.07) is 18.5. The summed E-state index contributed by atoms with van der Waals surface area (Å²) in [6.07, 6.45) is 5.99. The maximum absolute atomic E-state index is 11.2. The molecule has 1 aromatic heterocycles. The van der Waals surface area contributed by atoms with Gasteiger partial charge in [-0.3, -0.25) is 9.78 Å². The van der Waals surface area contributed by atoms with Gasteiger partial charge in [-0.15, -0.1) is 0 Å². The lowest BCUT2D eigenvalue weighted by Crippen LogP contribution is -2.13. The van der Waals surface area contributed by atoms with E-state index in [0.29, 0.717) is 0 Å². The molecule has 25 heavy (non-hydrogen) atoms. The van der Waals surface area contributed by atoms with Crippen LogP contribution in [0.5, 0.6) is 0 Å². The molecule has 0 bridgehead atoms. The van der Waals surface area contributed by atoms with Gasteiger partial charge in [-0.1, -0.05) is 62.4 Å². The number of likely N-dealkylation sites (N-methyl/N-ethyl adjacent to an activating group) is 1. The van der Waals surface area contributed by atoms with E-state index in [0.717, 1.165) is 17.7 Å². The molecule has 1 heterocycles. The summed E-state index contributed by atoms with van der Waals surface area (Å²) in [5, 5.41) is 4.97. The van der Waals surface area contributed by atoms with Gasteiger partial charge in [0.15, 0.2) is 0 Å². The average Bonchev–Trinajstić information content (AvgIpc) is 2.69. The van der Waals surface area contributed by atoms with Crippen LogP contribution in [0.1, 0.15) is 30.7 Å². The summed E-state index contributed by atoms with van der Waals surface area (Å²) in [5.74, 6) is -0.103. The van der Waals surface area contributed by atoms with Gasteiger partial charge in [0.25, 0.3) is 0 Å². The fourth-order valence-corrected chi connectivity index (χ4v) is 2.52. The molecule has 3 aromatic rings. The molecule has 0 fully saturated rings. The number of benzene rings is 2. The molecule has 3 heteroatoms. The Balaban J connectivity index is 0.00000109. The van der Waals surface area contributed by atoms with E-state index in [2.05, 4.69) is 34.6 Å². The quantitative estimate of drug-likeness (QED) is 0.709. The predicted octanol–water partition coefficient (Wildman–Crippen LogP) is 4.61. The maximum Gasteiger partial charge on any atom is 0.243 e. The fraction of sp³-hybridized carbons (Fsp3) is 0.182. The van der Waals surface area contributed by atoms with Crippen molar-refractivity contribution in [3.8, 4) is 0 Å². The highest BCUT2D eigenvalue weighted by atomic mass is 16.1. The molecular formula is C22H24N2O. The van der Waals surface area contributed by atoms with Gasteiger partial charge in [0, 0.05) is 31.1 Å². The number of rotatable bonds is 4. The highest BCUT2D eigenvalue weighted by Gasteiger charge is 2.03. The molecule has 1 amide bonds. The molecule has 1 N–H and O–H groups in total. The Morgan fingerprint density at radius 2 is 1.76 bits per heavy atom. The summed E-state index contributed by atoms with van der Waals surface area (Å²) in [5.41, 5.74) is 3.28. The molecule has 0 saturated heterocycles. The van der Waals surface area contributed by atoms with Crippen molar-refractivity contribution >= 4 is 22.8 Å². The second kappa shape index (κ2) is 9.38. The van der Waals surface area contributed by atoms with E-state index >= 15 is 0 Å². The van der Waals surface area contributed by atoms with Crippen molar-refractivity contribution in [2.24, 2.45) is 0 Å². The number of carbonyl (C=O) groups excluding carboxylic acids is 1. The van der Waals surface area contributed by atoms with E-state index in [9.17, 15) is 4.79 Å². The lowest BCUT2D eigenvalue weighted by atomic mass is 10.0. The first-order chi connectivity index (χ1) is 12.3. The van der Waals surface area contributed by atoms with Gasteiger partial charge in [-0.2, -0.15) is 0 Å². The largest absolute Gasteiger partial charge is 0.356 e. The predicted molar refractivity (Wildman–Crippen MR) is 105 cm³/mol. The first kappa shape index (κ1) is 18.4. The maximum atomic E-state index is 11.2. The van der Waals surface area contributed by atoms with Gasteiger partial charge < -0.3 is 5.32 Å². The Hall–Kier alpha value is -2.94. The molecule has 3 nitrogen and oxygen atoms in total. The van der Waals surface area contributed by atoms with E-state index in [1.54, 1.807) is 13.1 Å². The summed E-state index contributed by atoms with van der Waals surface area (Å²) in [4.78, 5) is 15.7. The Bertz CT molecular complexity index is 846. The lowest BCUT2D eigenvalue weighted by Gasteiger charge is -2.06. The van der Waals surface area contributed by atoms with Crippen LogP contribution in [0.15, 0.2) is 66.9 Å². The number of carbonyl (C=O) groups is 1. The summed E-state index contributed by atoms with van der Waals surface area (Å²) in [7, 11) is 1.62. The number of pyridine rings is 1. The van der Waals surface area contributed by atoms with Gasteiger partial charge in [0.1, 0.15) is 0 Å². The number of hydrogen-bond acceptors (Lipinski definition) is 2. The Kier molecular flexibility index (Phi) is 6.90. The molecule has 0 saturated carbocycles. The van der Waals surface area contributed by atoms with Crippen molar-refractivity contribution in [2.75, 3.05) is 7.05 Å². The van der Waals surface area contributed by atoms with Crippen molar-refractivity contribution in [2.45, 2.75) is 20.3 Å². The van der Waals surface area contributed by atoms with Crippen LogP contribution in [-0.2, 0) is 11.2 Å². The smallest absolute Gasteiger partial charge is 0.243 e. The summed E-state index contributed by atoms with van der Waals surface area (Å²) >= 11 is 0. The van der Waals surface area contributed by atoms with Gasteiger partial charge in [-0.05, 0) is 28.7 Å². The van der Waals surface area contributed by atoms with Crippen LogP contribution in [0.2, 0.25) is 0 Å². The molecule has 0 radical (unpaired) electrons. The highest BCUT2D eigenvalue weighted by Crippen LogP contribution is 2.19. The van der Waals surface area contributed by atoms with Crippen LogP contribution >= 0.6 is 0 Å². The molecule has 3 rings (SSSR count). The van der Waals surface area contributed by atoms with Crippen molar-refractivity contribution in [3.63, 3.8) is 0 Å². The van der Waals surface area contributed by atoms with Crippen molar-refractivity contribution in [1.82, 2.24) is 10.3 Å². The van der Waals surface area contributed by atoms with Gasteiger partial charge in [0.2, 0.25) is 5.91 Å². The number of aromatic nitrogens is 1. The van der Waals surface area contributed by atoms with Crippen LogP contribution in [0.4, 0.5) is 0 Å². The van der Waals surface area contributed by atoms with Crippen molar-refractivity contribution in [1.29, 1.82) is 0 Å². The Morgan fingerprint density at radius 1 is 1.04 bits per heavy atom. The summed E-state index contributed by atoms with van der Waals surface area (Å²) < 4.78 is 0. The number of nitrogens with zero attached hydrogens (tertiary/aromatic N) is 1. The van der Waals surface area contributed by atoms with Gasteiger partial charge in [0.05, 0.1) is 5.69 Å². The zero-order valence-electron chi connectivity index (χ0n) is 15.0. The lowest BCUT2D eigenvalue weighted by molar-refractivity contribution is -0.115. The Morgan fingerprint density at radius 3 is 2.48 bits per heavy atom. The van der Waals surface area contributed by atoms with Crippen LogP contribution in [-0.4, -0.2) is 17.9 Å². The zero-order valence-corrected chi connectivity index (χ0v) is 15.0. The first-order valence-electron chi connectivity index (χ1n) is 8.57. The highest BCUT2D eigenvalue weighted by molar-refractivity contribution is 5.91. The fourth-order valence-electron chi connectivity index (χ4n) is 2.52. The van der Waals surface area contributed by atoms with Gasteiger partial charge >= 0.3 is 0 Å². The number of amides is 1. The van der Waals surface area contributed by atoms with Crippen LogP contribution < -0.4 is 5.32 Å². The molecule has 0 aliphatic rings. The molecule has 0 atom stereocenters. The molecular weight excluding hydrogens is 308 g/mol. The van der Waals surface area contributed by atoms with Crippen molar-refractivity contribution < 1.29 is 4.79 Å². The summed E-state index contributed by atoms with van der Waals surface area (Å²) in [6.45, 7) is 4.00. The number of hydrogen-bond donors (Lipinski definition) is 1. The van der Waals surface area contributed by atoms with Crippen LogP contribution in [0, 0.1) is 0 Å². The third kappa shape index (κ3) is 5.01. The third-order valence-electron chi connectivity index (χ3n) is 3.78. The number of nitrogens with one attached hydrogen (secondary N) is 1. The van der Waals surface area contributed by atoms with E-state index in [1.807, 2.05) is 50.4 Å². The second-order valence-corrected chi connectivity index (χ2v) is 5.34. The zero-order chi connectivity index (χ0) is 18.1. The molecule has 2 aromatic carbocycles. The number of fused-ring (bicyclic) bond motifs is 1. The Labute approximate surface area is 149 Å². The normalized spacial score (nSPS) is 10.4. The minimum absolute atomic E-state index is 0.103. The molecule has 0 aliphatic heterocycles. The molecule has 0 spiro atoms. The van der Waals surface area contributed by atoms with E-state index in [4.69, 9.17) is 0 Å². The minimum Gasteiger partial charge on any atom is -0.356 e. The standard InChI is InChI=1S/C20H18N2O.C2H6/c1-21-20(23)11-10-15-6-8-16(9-7-15)14-19-18-5-3-2-4-17(18)12-13-22-19;1-2/h2-13H,14H2,1H3,(H,21,23);1-2H3/b11-10+;. The van der Waals surface area contributed by atoms with E-state index in [-0.39, 0.29) is 5.91 Å². The van der Waals surface area contributed by atoms with Crippen molar-refractivity contribution in [3.05, 3.63) is 83.7 Å². The third-order valence-corrected chi connectivity index (χ3v) is 3.78. The monoisotopic (exact) mass is 332 g/mol. The molecule has 0 unspecified atom stereocenters. The second-order valence-electron chi connectivity index (χ2n) is 5.34. The molecule has 128 valence electrons. The average molecular weight is 332 g/mol. The molecule has 0 aliphatic carbocycles. The van der Waals surface area contributed by atoms with E-state index < -0.39 is 0 Å².